The Bertz CT molecular complexity index is 1410. The van der Waals surface area contributed by atoms with Gasteiger partial charge in [0.1, 0.15) is 11.6 Å². The molecule has 3 aliphatic heterocycles. The minimum Gasteiger partial charge on any atom is -0.508 e. The minimum absolute atomic E-state index is 0.0268. The van der Waals surface area contributed by atoms with E-state index in [4.69, 9.17) is 4.98 Å². The minimum atomic E-state index is 0.0268. The predicted molar refractivity (Wildman–Crippen MR) is 149 cm³/mol. The number of amides is 1. The molecule has 0 aliphatic carbocycles. The molecular weight excluding hydrogens is 460 g/mol. The molecule has 0 saturated carbocycles. The van der Waals surface area contributed by atoms with Crippen LogP contribution in [0.5, 0.6) is 5.75 Å². The highest BCUT2D eigenvalue weighted by atomic mass is 16.3. The van der Waals surface area contributed by atoms with Gasteiger partial charge in [-0.3, -0.25) is 9.69 Å². The van der Waals surface area contributed by atoms with Crippen molar-refractivity contribution in [2.75, 3.05) is 37.6 Å². The summed E-state index contributed by atoms with van der Waals surface area (Å²) in [6.07, 6.45) is 3.43. The lowest BCUT2D eigenvalue weighted by atomic mass is 9.79. The maximum Gasteiger partial charge on any atom is 0.245 e. The number of hydrogen-bond acceptors (Lipinski definition) is 5. The van der Waals surface area contributed by atoms with Crippen LogP contribution >= 0.6 is 0 Å². The molecule has 0 bridgehead atoms. The smallest absolute Gasteiger partial charge is 0.245 e. The number of hydrogen-bond donors (Lipinski definition) is 1. The Morgan fingerprint density at radius 1 is 1.16 bits per heavy atom. The number of phenolic OH excluding ortho intramolecular Hbond substituents is 1. The van der Waals surface area contributed by atoms with E-state index in [1.54, 1.807) is 0 Å². The molecule has 3 aromatic rings. The Kier molecular flexibility index (Phi) is 5.75. The van der Waals surface area contributed by atoms with Crippen molar-refractivity contribution in [3.8, 4) is 16.9 Å². The normalized spacial score (nSPS) is 18.9. The number of fused-ring (bicyclic) bond motifs is 2. The summed E-state index contributed by atoms with van der Waals surface area (Å²) in [7, 11) is 0. The van der Waals surface area contributed by atoms with Crippen LogP contribution in [0, 0.1) is 12.3 Å². The Labute approximate surface area is 219 Å². The summed E-state index contributed by atoms with van der Waals surface area (Å²) >= 11 is 0. The SMILES string of the molecule is C=CC(=O)N1CC2(CCN(c3nc4c(c(-c5cc(O)cc6ccccc56)c3C)CCN(C(C)C)C4)C2)C1. The number of carbonyl (C=O) groups excluding carboxylic acids is 1. The molecule has 1 aromatic heterocycles. The molecule has 192 valence electrons. The molecule has 1 amide bonds. The van der Waals surface area contributed by atoms with E-state index in [-0.39, 0.29) is 11.3 Å². The van der Waals surface area contributed by atoms with E-state index in [2.05, 4.69) is 55.3 Å². The van der Waals surface area contributed by atoms with Gasteiger partial charge in [0.2, 0.25) is 5.91 Å². The van der Waals surface area contributed by atoms with Crippen LogP contribution in [0.3, 0.4) is 0 Å². The summed E-state index contributed by atoms with van der Waals surface area (Å²) < 4.78 is 0. The molecule has 2 aromatic carbocycles. The Hall–Kier alpha value is -3.38. The third-order valence-corrected chi connectivity index (χ3v) is 8.73. The van der Waals surface area contributed by atoms with Crippen molar-refractivity contribution in [3.63, 3.8) is 0 Å². The van der Waals surface area contributed by atoms with E-state index in [9.17, 15) is 9.90 Å². The maximum absolute atomic E-state index is 12.1. The fourth-order valence-corrected chi connectivity index (χ4v) is 6.73. The van der Waals surface area contributed by atoms with Crippen LogP contribution in [0.2, 0.25) is 0 Å². The molecule has 6 nitrogen and oxygen atoms in total. The van der Waals surface area contributed by atoms with Gasteiger partial charge in [0.25, 0.3) is 0 Å². The van der Waals surface area contributed by atoms with Gasteiger partial charge >= 0.3 is 0 Å². The summed E-state index contributed by atoms with van der Waals surface area (Å²) in [6.45, 7) is 15.6. The zero-order valence-electron chi connectivity index (χ0n) is 22.1. The molecule has 4 heterocycles. The van der Waals surface area contributed by atoms with Gasteiger partial charge in [-0.25, -0.2) is 4.98 Å². The number of carbonyl (C=O) groups is 1. The van der Waals surface area contributed by atoms with E-state index in [0.717, 1.165) is 80.0 Å². The standard InChI is InChI=1S/C31H36N4O2/c1-5-28(37)35-18-31(19-35)11-13-34(17-31)30-21(4)29(25-10-12-33(20(2)3)16-27(25)32-30)26-15-23(36)14-22-8-6-7-9-24(22)26/h5-9,14-15,20,36H,1,10-13,16-19H2,2-4H3. The summed E-state index contributed by atoms with van der Waals surface area (Å²) in [5, 5.41) is 12.9. The van der Waals surface area contributed by atoms with Gasteiger partial charge in [0, 0.05) is 50.7 Å². The fourth-order valence-electron chi connectivity index (χ4n) is 6.73. The van der Waals surface area contributed by atoms with Crippen LogP contribution in [-0.4, -0.2) is 64.6 Å². The molecule has 2 saturated heterocycles. The highest BCUT2D eigenvalue weighted by molar-refractivity contribution is 6.00. The van der Waals surface area contributed by atoms with Crippen LogP contribution in [0.15, 0.2) is 49.1 Å². The molecular formula is C31H36N4O2. The number of aromatic hydroxyl groups is 1. The number of nitrogens with zero attached hydrogens (tertiary/aromatic N) is 4. The van der Waals surface area contributed by atoms with Crippen molar-refractivity contribution in [1.82, 2.24) is 14.8 Å². The van der Waals surface area contributed by atoms with Crippen LogP contribution in [0.1, 0.15) is 37.1 Å². The van der Waals surface area contributed by atoms with Crippen molar-refractivity contribution in [2.24, 2.45) is 5.41 Å². The van der Waals surface area contributed by atoms with Crippen LogP contribution in [0.4, 0.5) is 5.82 Å². The summed E-state index contributed by atoms with van der Waals surface area (Å²) in [4.78, 5) is 24.2. The number of pyridine rings is 1. The fraction of sp³-hybridized carbons (Fsp3) is 0.419. The first kappa shape index (κ1) is 24.0. The number of benzene rings is 2. The molecule has 1 spiro atoms. The van der Waals surface area contributed by atoms with E-state index >= 15 is 0 Å². The highest BCUT2D eigenvalue weighted by Crippen LogP contribution is 2.45. The predicted octanol–water partition coefficient (Wildman–Crippen LogP) is 4.91. The van der Waals surface area contributed by atoms with Crippen molar-refractivity contribution in [2.45, 2.75) is 46.2 Å². The van der Waals surface area contributed by atoms with Gasteiger partial charge in [0.05, 0.1) is 5.69 Å². The monoisotopic (exact) mass is 496 g/mol. The van der Waals surface area contributed by atoms with Gasteiger partial charge in [-0.1, -0.05) is 30.8 Å². The molecule has 0 atom stereocenters. The quantitative estimate of drug-likeness (QED) is 0.521. The maximum atomic E-state index is 12.1. The van der Waals surface area contributed by atoms with Gasteiger partial charge < -0.3 is 14.9 Å². The number of likely N-dealkylation sites (tertiary alicyclic amines) is 1. The first-order valence-corrected chi connectivity index (χ1v) is 13.4. The molecule has 1 N–H and O–H groups in total. The average Bonchev–Trinajstić information content (AvgIpc) is 3.32. The van der Waals surface area contributed by atoms with Crippen LogP contribution < -0.4 is 4.90 Å². The summed E-state index contributed by atoms with van der Waals surface area (Å²) in [6, 6.07) is 12.6. The number of rotatable bonds is 4. The van der Waals surface area contributed by atoms with Gasteiger partial charge in [-0.05, 0) is 84.8 Å². The average molecular weight is 497 g/mol. The zero-order chi connectivity index (χ0) is 25.9. The van der Waals surface area contributed by atoms with Gasteiger partial charge in [-0.15, -0.1) is 0 Å². The third kappa shape index (κ3) is 3.98. The molecule has 0 radical (unpaired) electrons. The first-order valence-electron chi connectivity index (χ1n) is 13.4. The van der Waals surface area contributed by atoms with E-state index < -0.39 is 0 Å². The van der Waals surface area contributed by atoms with E-state index in [1.807, 2.05) is 23.1 Å². The second-order valence-electron chi connectivity index (χ2n) is 11.5. The first-order chi connectivity index (χ1) is 17.8. The Morgan fingerprint density at radius 2 is 1.95 bits per heavy atom. The van der Waals surface area contributed by atoms with Crippen molar-refractivity contribution in [1.29, 1.82) is 0 Å². The Morgan fingerprint density at radius 3 is 2.70 bits per heavy atom. The molecule has 6 rings (SSSR count). The van der Waals surface area contributed by atoms with Crippen LogP contribution in [-0.2, 0) is 17.8 Å². The topological polar surface area (TPSA) is 59.9 Å². The lowest BCUT2D eigenvalue weighted by molar-refractivity contribution is -0.136. The van der Waals surface area contributed by atoms with Crippen LogP contribution in [0.25, 0.3) is 21.9 Å². The molecule has 6 heteroatoms. The van der Waals surface area contributed by atoms with Crippen molar-refractivity contribution < 1.29 is 9.90 Å². The zero-order valence-corrected chi connectivity index (χ0v) is 22.1. The molecule has 37 heavy (non-hydrogen) atoms. The molecule has 2 fully saturated rings. The van der Waals surface area contributed by atoms with Crippen molar-refractivity contribution in [3.05, 3.63) is 65.9 Å². The second-order valence-corrected chi connectivity index (χ2v) is 11.5. The number of aromatic nitrogens is 1. The lowest BCUT2D eigenvalue weighted by Crippen LogP contribution is -2.59. The molecule has 3 aliphatic rings. The summed E-state index contributed by atoms with van der Waals surface area (Å²) in [5.74, 6) is 1.37. The molecule has 0 unspecified atom stereocenters. The second kappa shape index (κ2) is 8.88. The van der Waals surface area contributed by atoms with Crippen molar-refractivity contribution >= 4 is 22.5 Å². The number of anilines is 1. The highest BCUT2D eigenvalue weighted by Gasteiger charge is 2.49. The Balaban J connectivity index is 1.46. The number of phenols is 1. The third-order valence-electron chi connectivity index (χ3n) is 8.73. The van der Waals surface area contributed by atoms with Gasteiger partial charge in [-0.2, -0.15) is 0 Å². The summed E-state index contributed by atoms with van der Waals surface area (Å²) in [5.41, 5.74) is 6.11. The van der Waals surface area contributed by atoms with Gasteiger partial charge in [0.15, 0.2) is 0 Å². The van der Waals surface area contributed by atoms with E-state index in [1.165, 1.54) is 22.8 Å². The van der Waals surface area contributed by atoms with E-state index in [0.29, 0.717) is 11.8 Å². The lowest BCUT2D eigenvalue weighted by Gasteiger charge is -2.47. The largest absolute Gasteiger partial charge is 0.508 e.